The average Bonchev–Trinajstić information content (AvgIpc) is 3.22. The van der Waals surface area contributed by atoms with Gasteiger partial charge in [-0.3, -0.25) is 0 Å². The molecule has 0 radical (unpaired) electrons. The Kier molecular flexibility index (Phi) is 3.17. The van der Waals surface area contributed by atoms with Crippen LogP contribution < -0.4 is 9.47 Å². The van der Waals surface area contributed by atoms with Gasteiger partial charge in [0.15, 0.2) is 28.4 Å². The minimum absolute atomic E-state index is 0.318. The predicted molar refractivity (Wildman–Crippen MR) is 89.4 cm³/mol. The topological polar surface area (TPSA) is 61.5 Å². The van der Waals surface area contributed by atoms with Crippen LogP contribution in [0.3, 0.4) is 0 Å². The molecule has 2 aromatic heterocycles. The molecule has 0 amide bonds. The van der Waals surface area contributed by atoms with Gasteiger partial charge in [0.2, 0.25) is 4.96 Å². The second-order valence-corrected chi connectivity index (χ2v) is 6.52. The SMILES string of the molecule is Fc1cccc(-c2nnc3sc(C4COc5ccccc5O4)nn23)c1. The first kappa shape index (κ1) is 14.4. The molecule has 1 unspecified atom stereocenters. The Balaban J connectivity index is 1.52. The summed E-state index contributed by atoms with van der Waals surface area (Å²) >= 11 is 1.38. The Morgan fingerprint density at radius 3 is 2.84 bits per heavy atom. The number of para-hydroxylation sites is 2. The van der Waals surface area contributed by atoms with Crippen LogP contribution in [0, 0.1) is 5.82 Å². The largest absolute Gasteiger partial charge is 0.485 e. The van der Waals surface area contributed by atoms with Gasteiger partial charge in [0.25, 0.3) is 0 Å². The van der Waals surface area contributed by atoms with Crippen LogP contribution in [0.1, 0.15) is 11.1 Å². The third kappa shape index (κ3) is 2.42. The molecular formula is C17H11FN4O2S. The van der Waals surface area contributed by atoms with E-state index in [2.05, 4.69) is 15.3 Å². The molecule has 0 N–H and O–H groups in total. The summed E-state index contributed by atoms with van der Waals surface area (Å²) < 4.78 is 26.8. The van der Waals surface area contributed by atoms with E-state index in [0.717, 1.165) is 10.8 Å². The van der Waals surface area contributed by atoms with Gasteiger partial charge in [-0.05, 0) is 24.3 Å². The number of rotatable bonds is 2. The number of nitrogens with zero attached hydrogens (tertiary/aromatic N) is 4. The van der Waals surface area contributed by atoms with E-state index in [1.165, 1.54) is 23.5 Å². The maximum Gasteiger partial charge on any atom is 0.235 e. The summed E-state index contributed by atoms with van der Waals surface area (Å²) in [4.78, 5) is 0.622. The molecule has 25 heavy (non-hydrogen) atoms. The van der Waals surface area contributed by atoms with Crippen molar-refractivity contribution in [1.82, 2.24) is 19.8 Å². The molecule has 1 aliphatic rings. The molecule has 0 spiro atoms. The van der Waals surface area contributed by atoms with Crippen LogP contribution in [0.4, 0.5) is 4.39 Å². The normalized spacial score (nSPS) is 16.3. The molecule has 6 nitrogen and oxygen atoms in total. The Morgan fingerprint density at radius 2 is 1.96 bits per heavy atom. The third-order valence-corrected chi connectivity index (χ3v) is 4.86. The molecule has 8 heteroatoms. The van der Waals surface area contributed by atoms with E-state index in [4.69, 9.17) is 9.47 Å². The highest BCUT2D eigenvalue weighted by atomic mass is 32.1. The van der Waals surface area contributed by atoms with Crippen molar-refractivity contribution >= 4 is 16.3 Å². The third-order valence-electron chi connectivity index (χ3n) is 3.87. The quantitative estimate of drug-likeness (QED) is 0.551. The average molecular weight is 354 g/mol. The summed E-state index contributed by atoms with van der Waals surface area (Å²) in [5.41, 5.74) is 0.621. The monoisotopic (exact) mass is 354 g/mol. The van der Waals surface area contributed by atoms with E-state index in [0.29, 0.717) is 28.7 Å². The van der Waals surface area contributed by atoms with E-state index in [9.17, 15) is 4.39 Å². The van der Waals surface area contributed by atoms with Crippen molar-refractivity contribution < 1.29 is 13.9 Å². The van der Waals surface area contributed by atoms with Crippen molar-refractivity contribution in [3.63, 3.8) is 0 Å². The standard InChI is InChI=1S/C17H11FN4O2S/c18-11-5-3-4-10(8-11)15-19-20-17-22(15)21-16(25-17)14-9-23-12-6-1-2-7-13(12)24-14/h1-8,14H,9H2. The Morgan fingerprint density at radius 1 is 1.08 bits per heavy atom. The van der Waals surface area contributed by atoms with E-state index in [-0.39, 0.29) is 11.9 Å². The molecule has 3 heterocycles. The van der Waals surface area contributed by atoms with Crippen LogP contribution in [0.5, 0.6) is 11.5 Å². The lowest BCUT2D eigenvalue weighted by molar-refractivity contribution is 0.0904. The lowest BCUT2D eigenvalue weighted by Crippen LogP contribution is -2.21. The van der Waals surface area contributed by atoms with E-state index < -0.39 is 0 Å². The highest BCUT2D eigenvalue weighted by molar-refractivity contribution is 7.16. The van der Waals surface area contributed by atoms with Gasteiger partial charge in [-0.25, -0.2) is 4.39 Å². The number of aromatic nitrogens is 4. The fourth-order valence-electron chi connectivity index (χ4n) is 2.71. The van der Waals surface area contributed by atoms with Gasteiger partial charge in [-0.1, -0.05) is 35.6 Å². The van der Waals surface area contributed by atoms with Crippen LogP contribution in [-0.4, -0.2) is 26.4 Å². The minimum Gasteiger partial charge on any atom is -0.485 e. The summed E-state index contributed by atoms with van der Waals surface area (Å²) in [6.07, 6.45) is -0.318. The van der Waals surface area contributed by atoms with Crippen molar-refractivity contribution in [1.29, 1.82) is 0 Å². The maximum atomic E-state index is 13.5. The molecule has 1 atom stereocenters. The van der Waals surface area contributed by atoms with Crippen molar-refractivity contribution in [2.75, 3.05) is 6.61 Å². The van der Waals surface area contributed by atoms with Crippen LogP contribution in [-0.2, 0) is 0 Å². The highest BCUT2D eigenvalue weighted by Crippen LogP contribution is 2.37. The van der Waals surface area contributed by atoms with Crippen molar-refractivity contribution in [3.8, 4) is 22.9 Å². The maximum absolute atomic E-state index is 13.5. The fraction of sp³-hybridized carbons (Fsp3) is 0.118. The number of halogens is 1. The van der Waals surface area contributed by atoms with Crippen molar-refractivity contribution in [2.24, 2.45) is 0 Å². The lowest BCUT2D eigenvalue weighted by atomic mass is 10.2. The number of ether oxygens (including phenoxy) is 2. The molecule has 0 aliphatic carbocycles. The molecule has 0 bridgehead atoms. The van der Waals surface area contributed by atoms with E-state index >= 15 is 0 Å². The zero-order chi connectivity index (χ0) is 16.8. The molecule has 2 aromatic carbocycles. The van der Waals surface area contributed by atoms with Crippen molar-refractivity contribution in [3.05, 3.63) is 59.4 Å². The number of hydrogen-bond donors (Lipinski definition) is 0. The van der Waals surface area contributed by atoms with E-state index in [1.54, 1.807) is 16.6 Å². The Labute approximate surface area is 145 Å². The Hall–Kier alpha value is -3.00. The molecule has 5 rings (SSSR count). The first-order valence-electron chi connectivity index (χ1n) is 7.64. The molecular weight excluding hydrogens is 343 g/mol. The molecule has 0 saturated heterocycles. The lowest BCUT2D eigenvalue weighted by Gasteiger charge is -2.24. The molecule has 0 saturated carbocycles. The van der Waals surface area contributed by atoms with Gasteiger partial charge in [0.1, 0.15) is 12.4 Å². The predicted octanol–water partition coefficient (Wildman–Crippen LogP) is 3.50. The van der Waals surface area contributed by atoms with Crippen LogP contribution in [0.15, 0.2) is 48.5 Å². The van der Waals surface area contributed by atoms with E-state index in [1.807, 2.05) is 24.3 Å². The number of fused-ring (bicyclic) bond motifs is 2. The first-order valence-corrected chi connectivity index (χ1v) is 8.46. The van der Waals surface area contributed by atoms with Gasteiger partial charge in [0, 0.05) is 5.56 Å². The van der Waals surface area contributed by atoms with Crippen molar-refractivity contribution in [2.45, 2.75) is 6.10 Å². The molecule has 1 aliphatic heterocycles. The highest BCUT2D eigenvalue weighted by Gasteiger charge is 2.27. The fourth-order valence-corrected chi connectivity index (χ4v) is 3.56. The van der Waals surface area contributed by atoms with Crippen LogP contribution in [0.2, 0.25) is 0 Å². The molecule has 4 aromatic rings. The summed E-state index contributed by atoms with van der Waals surface area (Å²) in [6, 6.07) is 13.7. The second-order valence-electron chi connectivity index (χ2n) is 5.53. The zero-order valence-electron chi connectivity index (χ0n) is 12.8. The number of benzene rings is 2. The second kappa shape index (κ2) is 5.52. The first-order chi connectivity index (χ1) is 12.3. The number of hydrogen-bond acceptors (Lipinski definition) is 6. The van der Waals surface area contributed by atoms with Crippen LogP contribution >= 0.6 is 11.3 Å². The van der Waals surface area contributed by atoms with Gasteiger partial charge in [-0.2, -0.15) is 9.61 Å². The summed E-state index contributed by atoms with van der Waals surface area (Å²) in [7, 11) is 0. The summed E-state index contributed by atoms with van der Waals surface area (Å²) in [6.45, 7) is 0.371. The summed E-state index contributed by atoms with van der Waals surface area (Å²) in [5, 5.41) is 13.5. The van der Waals surface area contributed by atoms with Gasteiger partial charge >= 0.3 is 0 Å². The van der Waals surface area contributed by atoms with Gasteiger partial charge in [-0.15, -0.1) is 10.2 Å². The summed E-state index contributed by atoms with van der Waals surface area (Å²) in [5.74, 6) is 1.58. The Bertz CT molecular complexity index is 1080. The van der Waals surface area contributed by atoms with Gasteiger partial charge < -0.3 is 9.47 Å². The molecule has 0 fully saturated rings. The zero-order valence-corrected chi connectivity index (χ0v) is 13.6. The van der Waals surface area contributed by atoms with Crippen LogP contribution in [0.25, 0.3) is 16.3 Å². The molecule has 124 valence electrons. The minimum atomic E-state index is -0.328. The van der Waals surface area contributed by atoms with Gasteiger partial charge in [0.05, 0.1) is 0 Å². The smallest absolute Gasteiger partial charge is 0.235 e.